The van der Waals surface area contributed by atoms with Gasteiger partial charge in [0.2, 0.25) is 11.8 Å². The molecule has 190 valence electrons. The number of aromatic nitrogens is 2. The molecule has 0 spiro atoms. The number of benzene rings is 2. The number of methoxy groups -OCH3 is 1. The summed E-state index contributed by atoms with van der Waals surface area (Å²) in [7, 11) is 1.51. The molecule has 4 aromatic rings. The first-order valence-electron chi connectivity index (χ1n) is 11.9. The number of amides is 2. The molecule has 0 saturated carbocycles. The van der Waals surface area contributed by atoms with Crippen molar-refractivity contribution in [2.45, 2.75) is 33.0 Å². The van der Waals surface area contributed by atoms with Crippen molar-refractivity contribution < 1.29 is 14.3 Å². The topological polar surface area (TPSA) is 103 Å². The second-order valence-corrected chi connectivity index (χ2v) is 9.95. The second-order valence-electron chi connectivity index (χ2n) is 8.87. The summed E-state index contributed by atoms with van der Waals surface area (Å²) in [6.45, 7) is 2.21. The second kappa shape index (κ2) is 10.1. The molecule has 5 rings (SSSR count). The molecule has 9 nitrogen and oxygen atoms in total. The van der Waals surface area contributed by atoms with Crippen LogP contribution in [0.2, 0.25) is 0 Å². The van der Waals surface area contributed by atoms with Gasteiger partial charge < -0.3 is 15.0 Å². The maximum Gasteiger partial charge on any atom is 0.332 e. The monoisotopic (exact) mass is 518 g/mol. The van der Waals surface area contributed by atoms with Gasteiger partial charge in [-0.25, -0.2) is 4.79 Å². The number of hydrogen-bond acceptors (Lipinski definition) is 6. The molecule has 2 amide bonds. The van der Waals surface area contributed by atoms with Crippen LogP contribution in [-0.2, 0) is 35.6 Å². The zero-order chi connectivity index (χ0) is 26.1. The summed E-state index contributed by atoms with van der Waals surface area (Å²) >= 11 is 1.30. The number of hydrogen-bond donors (Lipinski definition) is 1. The van der Waals surface area contributed by atoms with Crippen molar-refractivity contribution in [3.63, 3.8) is 0 Å². The number of anilines is 1. The highest BCUT2D eigenvalue weighted by molar-refractivity contribution is 7.18. The predicted octanol–water partition coefficient (Wildman–Crippen LogP) is 2.82. The molecule has 0 aliphatic carbocycles. The van der Waals surface area contributed by atoms with E-state index in [1.54, 1.807) is 29.2 Å². The van der Waals surface area contributed by atoms with E-state index in [-0.39, 0.29) is 24.6 Å². The highest BCUT2D eigenvalue weighted by Crippen LogP contribution is 2.33. The van der Waals surface area contributed by atoms with Crippen LogP contribution < -0.4 is 21.3 Å². The van der Waals surface area contributed by atoms with Crippen molar-refractivity contribution in [3.05, 3.63) is 91.4 Å². The molecule has 0 unspecified atom stereocenters. The third kappa shape index (κ3) is 4.67. The van der Waals surface area contributed by atoms with Crippen LogP contribution in [0.3, 0.4) is 0 Å². The van der Waals surface area contributed by atoms with E-state index in [1.165, 1.54) is 34.5 Å². The van der Waals surface area contributed by atoms with Crippen LogP contribution in [0.1, 0.15) is 22.9 Å². The molecule has 0 radical (unpaired) electrons. The molecule has 1 N–H and O–H groups in total. The molecule has 0 fully saturated rings. The Morgan fingerprint density at radius 1 is 1.03 bits per heavy atom. The van der Waals surface area contributed by atoms with Gasteiger partial charge in [0.05, 0.1) is 31.3 Å². The van der Waals surface area contributed by atoms with E-state index in [4.69, 9.17) is 4.74 Å². The lowest BCUT2D eigenvalue weighted by atomic mass is 10.1. The van der Waals surface area contributed by atoms with E-state index in [9.17, 15) is 19.2 Å². The smallest absolute Gasteiger partial charge is 0.332 e. The SMILES string of the molecule is COc1ccccc1NC(=O)Cn1c(=O)n(Cc2ccccc2)c(=O)c2c3c(sc21)CN(C(C)=O)CC3. The van der Waals surface area contributed by atoms with Crippen LogP contribution in [0.4, 0.5) is 5.69 Å². The number of ether oxygens (including phenoxy) is 1. The first-order valence-corrected chi connectivity index (χ1v) is 12.7. The maximum absolute atomic E-state index is 13.7. The number of para-hydroxylation sites is 2. The van der Waals surface area contributed by atoms with E-state index >= 15 is 0 Å². The molecule has 2 aromatic heterocycles. The Morgan fingerprint density at radius 3 is 2.49 bits per heavy atom. The van der Waals surface area contributed by atoms with Gasteiger partial charge in [0.25, 0.3) is 5.56 Å². The fourth-order valence-electron chi connectivity index (χ4n) is 4.65. The number of carbonyl (C=O) groups excluding carboxylic acids is 2. The molecule has 1 aliphatic rings. The predicted molar refractivity (Wildman–Crippen MR) is 142 cm³/mol. The lowest BCUT2D eigenvalue weighted by Crippen LogP contribution is -2.42. The average Bonchev–Trinajstić information content (AvgIpc) is 3.29. The summed E-state index contributed by atoms with van der Waals surface area (Å²) < 4.78 is 7.88. The Balaban J connectivity index is 1.62. The number of nitrogens with one attached hydrogen (secondary N) is 1. The molecule has 3 heterocycles. The third-order valence-corrected chi connectivity index (χ3v) is 7.76. The Labute approximate surface area is 216 Å². The normalized spacial score (nSPS) is 12.9. The van der Waals surface area contributed by atoms with Gasteiger partial charge in [0, 0.05) is 18.3 Å². The van der Waals surface area contributed by atoms with Crippen LogP contribution in [0, 0.1) is 0 Å². The van der Waals surface area contributed by atoms with Gasteiger partial charge in [-0.3, -0.25) is 23.5 Å². The van der Waals surface area contributed by atoms with Crippen molar-refractivity contribution in [3.8, 4) is 5.75 Å². The highest BCUT2D eigenvalue weighted by atomic mass is 32.1. The molecular weight excluding hydrogens is 492 g/mol. The van der Waals surface area contributed by atoms with Crippen LogP contribution in [0.15, 0.2) is 64.2 Å². The van der Waals surface area contributed by atoms with E-state index in [2.05, 4.69) is 5.32 Å². The molecule has 0 saturated heterocycles. The minimum Gasteiger partial charge on any atom is -0.495 e. The van der Waals surface area contributed by atoms with Gasteiger partial charge in [0.1, 0.15) is 17.1 Å². The number of fused-ring (bicyclic) bond motifs is 3. The minimum atomic E-state index is -0.557. The summed E-state index contributed by atoms with van der Waals surface area (Å²) in [6.07, 6.45) is 0.515. The molecule has 10 heteroatoms. The van der Waals surface area contributed by atoms with Crippen molar-refractivity contribution in [2.75, 3.05) is 19.0 Å². The summed E-state index contributed by atoms with van der Waals surface area (Å²) in [5.74, 6) is 0.0334. The van der Waals surface area contributed by atoms with Crippen LogP contribution in [0.5, 0.6) is 5.75 Å². The average molecular weight is 519 g/mol. The van der Waals surface area contributed by atoms with Crippen molar-refractivity contribution in [1.29, 1.82) is 0 Å². The van der Waals surface area contributed by atoms with E-state index in [0.29, 0.717) is 41.2 Å². The van der Waals surface area contributed by atoms with Crippen LogP contribution >= 0.6 is 11.3 Å². The van der Waals surface area contributed by atoms with Crippen molar-refractivity contribution in [1.82, 2.24) is 14.0 Å². The molecule has 2 aromatic carbocycles. The molecule has 1 aliphatic heterocycles. The Kier molecular flexibility index (Phi) is 6.66. The Morgan fingerprint density at radius 2 is 1.76 bits per heavy atom. The first-order chi connectivity index (χ1) is 17.9. The summed E-state index contributed by atoms with van der Waals surface area (Å²) in [6, 6.07) is 16.3. The lowest BCUT2D eigenvalue weighted by Gasteiger charge is -2.25. The number of thiophene rings is 1. The zero-order valence-corrected chi connectivity index (χ0v) is 21.3. The largest absolute Gasteiger partial charge is 0.495 e. The van der Waals surface area contributed by atoms with Gasteiger partial charge in [-0.05, 0) is 29.7 Å². The van der Waals surface area contributed by atoms with E-state index in [1.807, 2.05) is 30.3 Å². The van der Waals surface area contributed by atoms with Crippen molar-refractivity contribution in [2.24, 2.45) is 0 Å². The highest BCUT2D eigenvalue weighted by Gasteiger charge is 2.27. The molecule has 0 bridgehead atoms. The van der Waals surface area contributed by atoms with E-state index in [0.717, 1.165) is 16.0 Å². The minimum absolute atomic E-state index is 0.0434. The fourth-order valence-corrected chi connectivity index (χ4v) is 6.00. The van der Waals surface area contributed by atoms with Crippen LogP contribution in [0.25, 0.3) is 10.2 Å². The maximum atomic E-state index is 13.7. The van der Waals surface area contributed by atoms with Gasteiger partial charge >= 0.3 is 5.69 Å². The first kappa shape index (κ1) is 24.5. The Hall–Kier alpha value is -4.18. The summed E-state index contributed by atoms with van der Waals surface area (Å²) in [4.78, 5) is 55.5. The number of carbonyl (C=O) groups is 2. The zero-order valence-electron chi connectivity index (χ0n) is 20.5. The summed E-state index contributed by atoms with van der Waals surface area (Å²) in [5.41, 5.74) is 1.21. The number of nitrogens with zero attached hydrogens (tertiary/aromatic N) is 3. The van der Waals surface area contributed by atoms with Gasteiger partial charge in [-0.2, -0.15) is 0 Å². The van der Waals surface area contributed by atoms with Crippen LogP contribution in [-0.4, -0.2) is 39.5 Å². The standard InChI is InChI=1S/C27H26N4O5S/c1-17(32)29-13-12-19-22(15-29)37-26-24(19)25(34)30(14-18-8-4-3-5-9-18)27(35)31(26)16-23(33)28-20-10-6-7-11-21(20)36-2/h3-11H,12-16H2,1-2H3,(H,28,33). The molecule has 0 atom stereocenters. The lowest BCUT2D eigenvalue weighted by molar-refractivity contribution is -0.129. The van der Waals surface area contributed by atoms with Gasteiger partial charge in [-0.15, -0.1) is 11.3 Å². The Bertz CT molecular complexity index is 1620. The summed E-state index contributed by atoms with van der Waals surface area (Å²) in [5, 5.41) is 3.26. The number of rotatable bonds is 6. The van der Waals surface area contributed by atoms with Gasteiger partial charge in [-0.1, -0.05) is 42.5 Å². The van der Waals surface area contributed by atoms with Crippen molar-refractivity contribution >= 4 is 39.1 Å². The van der Waals surface area contributed by atoms with Gasteiger partial charge in [0.15, 0.2) is 0 Å². The van der Waals surface area contributed by atoms with E-state index < -0.39 is 11.6 Å². The quantitative estimate of drug-likeness (QED) is 0.423. The fraction of sp³-hybridized carbons (Fsp3) is 0.259. The molecule has 37 heavy (non-hydrogen) atoms. The third-order valence-electron chi connectivity index (χ3n) is 6.52. The molecular formula is C27H26N4O5S.